The van der Waals surface area contributed by atoms with Gasteiger partial charge in [0.05, 0.1) is 4.83 Å². The Morgan fingerprint density at radius 2 is 1.95 bits per heavy atom. The summed E-state index contributed by atoms with van der Waals surface area (Å²) in [6.45, 7) is 4.06. The van der Waals surface area contributed by atoms with Crippen molar-refractivity contribution in [2.45, 2.75) is 28.6 Å². The van der Waals surface area contributed by atoms with Gasteiger partial charge >= 0.3 is 5.43 Å². The Morgan fingerprint density at radius 1 is 1.40 bits per heavy atom. The van der Waals surface area contributed by atoms with Crippen molar-refractivity contribution < 1.29 is 9.53 Å². The summed E-state index contributed by atoms with van der Waals surface area (Å²) in [7, 11) is 0. The third-order valence-corrected chi connectivity index (χ3v) is 7.48. The van der Waals surface area contributed by atoms with Gasteiger partial charge in [0.15, 0.2) is 0 Å². The van der Waals surface area contributed by atoms with E-state index in [0.717, 1.165) is 5.56 Å². The second kappa shape index (κ2) is 5.79. The molecule has 0 heterocycles. The Hall–Kier alpha value is 0.230. The van der Waals surface area contributed by atoms with Crippen molar-refractivity contribution >= 4 is 60.5 Å². The molecule has 110 valence electrons. The molecule has 1 aliphatic carbocycles. The van der Waals surface area contributed by atoms with Gasteiger partial charge in [-0.2, -0.15) is 0 Å². The van der Waals surface area contributed by atoms with Crippen molar-refractivity contribution in [2.75, 3.05) is 0 Å². The van der Waals surface area contributed by atoms with Crippen molar-refractivity contribution in [3.63, 3.8) is 0 Å². The van der Waals surface area contributed by atoms with E-state index in [2.05, 4.69) is 31.9 Å². The number of hydrogen-bond acceptors (Lipinski definition) is 2. The SMILES string of the molecule is CC1(C)C(OC(=O)Cl)C1C(Br)C(Cl)(Br)c1ccccc1. The van der Waals surface area contributed by atoms with Gasteiger partial charge in [-0.3, -0.25) is 0 Å². The second-order valence-corrected chi connectivity index (χ2v) is 9.11. The number of benzene rings is 1. The summed E-state index contributed by atoms with van der Waals surface area (Å²) in [5.74, 6) is 0.0716. The molecular formula is C14H14Br2Cl2O2. The van der Waals surface area contributed by atoms with Crippen molar-refractivity contribution in [2.24, 2.45) is 11.3 Å². The van der Waals surface area contributed by atoms with Gasteiger partial charge in [0, 0.05) is 22.9 Å². The largest absolute Gasteiger partial charge is 0.449 e. The molecule has 0 aromatic heterocycles. The van der Waals surface area contributed by atoms with Gasteiger partial charge in [-0.1, -0.05) is 76.0 Å². The fraction of sp³-hybridized carbons (Fsp3) is 0.500. The molecule has 1 aromatic rings. The highest BCUT2D eigenvalue weighted by molar-refractivity contribution is 9.12. The van der Waals surface area contributed by atoms with Crippen LogP contribution in [0.4, 0.5) is 4.79 Å². The average Bonchev–Trinajstić information content (AvgIpc) is 2.90. The molecule has 1 aromatic carbocycles. The van der Waals surface area contributed by atoms with E-state index in [1.54, 1.807) is 0 Å². The van der Waals surface area contributed by atoms with Gasteiger partial charge in [-0.05, 0) is 5.56 Å². The first kappa shape index (κ1) is 16.6. The number of alkyl halides is 3. The number of halogens is 4. The number of carbonyl (C=O) groups excluding carboxylic acids is 1. The molecule has 2 rings (SSSR count). The second-order valence-electron chi connectivity index (χ2n) is 5.51. The van der Waals surface area contributed by atoms with Crippen molar-refractivity contribution in [3.05, 3.63) is 35.9 Å². The Balaban J connectivity index is 2.20. The van der Waals surface area contributed by atoms with Crippen LogP contribution in [0.2, 0.25) is 0 Å². The zero-order chi connectivity index (χ0) is 15.1. The molecule has 0 saturated heterocycles. The van der Waals surface area contributed by atoms with Crippen molar-refractivity contribution in [3.8, 4) is 0 Å². The Labute approximate surface area is 145 Å². The topological polar surface area (TPSA) is 26.3 Å². The summed E-state index contributed by atoms with van der Waals surface area (Å²) in [5.41, 5.74) is 0.00318. The molecule has 0 aliphatic heterocycles. The lowest BCUT2D eigenvalue weighted by atomic mass is 10.0. The molecular weight excluding hydrogens is 431 g/mol. The molecule has 0 amide bonds. The van der Waals surface area contributed by atoms with E-state index >= 15 is 0 Å². The monoisotopic (exact) mass is 442 g/mol. The van der Waals surface area contributed by atoms with E-state index in [-0.39, 0.29) is 22.3 Å². The molecule has 1 aliphatic rings. The molecule has 20 heavy (non-hydrogen) atoms. The van der Waals surface area contributed by atoms with Crippen LogP contribution < -0.4 is 0 Å². The lowest BCUT2D eigenvalue weighted by molar-refractivity contribution is 0.148. The molecule has 1 saturated carbocycles. The average molecular weight is 445 g/mol. The minimum absolute atomic E-state index is 0.0716. The maximum absolute atomic E-state index is 11.0. The zero-order valence-corrected chi connectivity index (χ0v) is 15.6. The van der Waals surface area contributed by atoms with E-state index in [9.17, 15) is 4.79 Å². The fourth-order valence-electron chi connectivity index (χ4n) is 2.53. The number of carbonyl (C=O) groups is 1. The summed E-state index contributed by atoms with van der Waals surface area (Å²) in [6.07, 6.45) is -0.240. The van der Waals surface area contributed by atoms with Crippen LogP contribution in [0, 0.1) is 11.3 Å². The third kappa shape index (κ3) is 3.03. The van der Waals surface area contributed by atoms with Crippen molar-refractivity contribution in [1.82, 2.24) is 0 Å². The third-order valence-electron chi connectivity index (χ3n) is 3.85. The molecule has 1 fully saturated rings. The highest BCUT2D eigenvalue weighted by Gasteiger charge is 2.66. The van der Waals surface area contributed by atoms with Gasteiger partial charge in [0.25, 0.3) is 0 Å². The lowest BCUT2D eigenvalue weighted by Gasteiger charge is -2.27. The minimum Gasteiger partial charge on any atom is -0.449 e. The maximum Gasteiger partial charge on any atom is 0.404 e. The van der Waals surface area contributed by atoms with Crippen LogP contribution in [0.25, 0.3) is 0 Å². The summed E-state index contributed by atoms with van der Waals surface area (Å²) in [5, 5.41) is 0. The van der Waals surface area contributed by atoms with Crippen LogP contribution in [0.15, 0.2) is 30.3 Å². The molecule has 0 N–H and O–H groups in total. The number of hydrogen-bond donors (Lipinski definition) is 0. The highest BCUT2D eigenvalue weighted by Crippen LogP contribution is 2.63. The standard InChI is InChI=1S/C14H14Br2Cl2O2/c1-13(2)9(11(13)20-12(17)19)10(15)14(16,18)8-6-4-3-5-7-8/h3-7,9-11H,1-2H3. The Morgan fingerprint density at radius 3 is 2.45 bits per heavy atom. The molecule has 0 bridgehead atoms. The molecule has 0 spiro atoms. The smallest absolute Gasteiger partial charge is 0.404 e. The van der Waals surface area contributed by atoms with E-state index in [1.807, 2.05) is 44.2 Å². The van der Waals surface area contributed by atoms with Gasteiger partial charge in [0.2, 0.25) is 0 Å². The van der Waals surface area contributed by atoms with E-state index < -0.39 is 9.21 Å². The minimum atomic E-state index is -0.778. The van der Waals surface area contributed by atoms with E-state index in [1.165, 1.54) is 0 Å². The van der Waals surface area contributed by atoms with Crippen LogP contribution in [0.3, 0.4) is 0 Å². The van der Waals surface area contributed by atoms with Gasteiger partial charge in [-0.25, -0.2) is 4.79 Å². The van der Waals surface area contributed by atoms with E-state index in [4.69, 9.17) is 27.9 Å². The molecule has 0 radical (unpaired) electrons. The van der Waals surface area contributed by atoms with Crippen LogP contribution >= 0.6 is 55.1 Å². The number of rotatable bonds is 4. The van der Waals surface area contributed by atoms with Gasteiger partial charge in [-0.15, -0.1) is 11.6 Å². The molecule has 2 nitrogen and oxygen atoms in total. The normalized spacial score (nSPS) is 28.3. The highest BCUT2D eigenvalue weighted by atomic mass is 79.9. The summed E-state index contributed by atoms with van der Waals surface area (Å²) in [4.78, 5) is 10.8. The molecule has 4 atom stereocenters. The quantitative estimate of drug-likeness (QED) is 0.444. The first-order valence-electron chi connectivity index (χ1n) is 6.12. The Kier molecular flexibility index (Phi) is 4.80. The Bertz CT molecular complexity index is 505. The van der Waals surface area contributed by atoms with E-state index in [0.29, 0.717) is 0 Å². The lowest BCUT2D eigenvalue weighted by Crippen LogP contribution is -2.27. The van der Waals surface area contributed by atoms with Crippen LogP contribution in [-0.4, -0.2) is 16.4 Å². The molecule has 6 heteroatoms. The maximum atomic E-state index is 11.0. The van der Waals surface area contributed by atoms with Crippen LogP contribution in [-0.2, 0) is 8.52 Å². The van der Waals surface area contributed by atoms with Crippen LogP contribution in [0.5, 0.6) is 0 Å². The number of ether oxygens (including phenoxy) is 1. The predicted molar refractivity (Wildman–Crippen MR) is 89.0 cm³/mol. The van der Waals surface area contributed by atoms with Crippen molar-refractivity contribution in [1.29, 1.82) is 0 Å². The van der Waals surface area contributed by atoms with Crippen LogP contribution in [0.1, 0.15) is 19.4 Å². The summed E-state index contributed by atoms with van der Waals surface area (Å²) in [6, 6.07) is 9.71. The molecule has 4 unspecified atom stereocenters. The first-order valence-corrected chi connectivity index (χ1v) is 8.59. The van der Waals surface area contributed by atoms with Gasteiger partial charge < -0.3 is 4.74 Å². The predicted octanol–water partition coefficient (Wildman–Crippen LogP) is 5.64. The zero-order valence-electron chi connectivity index (χ0n) is 10.9. The fourth-order valence-corrected chi connectivity index (χ4v) is 4.66. The summed E-state index contributed by atoms with van der Waals surface area (Å²) >= 11 is 19.2. The summed E-state index contributed by atoms with van der Waals surface area (Å²) < 4.78 is 4.38. The first-order chi connectivity index (χ1) is 9.19. The van der Waals surface area contributed by atoms with Gasteiger partial charge in [0.1, 0.15) is 9.89 Å².